The van der Waals surface area contributed by atoms with Crippen molar-refractivity contribution in [3.05, 3.63) is 63.3 Å². The van der Waals surface area contributed by atoms with E-state index in [1.807, 2.05) is 12.1 Å². The van der Waals surface area contributed by atoms with Gasteiger partial charge in [-0.1, -0.05) is 33.6 Å². The fourth-order valence-electron chi connectivity index (χ4n) is 3.12. The highest BCUT2D eigenvalue weighted by molar-refractivity contribution is 9.10. The van der Waals surface area contributed by atoms with Gasteiger partial charge in [-0.25, -0.2) is 17.1 Å². The molecule has 1 N–H and O–H groups in total. The highest BCUT2D eigenvalue weighted by Gasteiger charge is 2.32. The zero-order valence-electron chi connectivity index (χ0n) is 14.9. The largest absolute Gasteiger partial charge is 0.326 e. The minimum Gasteiger partial charge on any atom is -0.326 e. The number of carbonyl (C=O) groups excluding carboxylic acids is 1. The monoisotopic (exact) mass is 488 g/mol. The molecule has 0 atom stereocenters. The first-order valence-corrected chi connectivity index (χ1v) is 11.5. The zero-order valence-corrected chi connectivity index (χ0v) is 18.0. The Bertz CT molecular complexity index is 941. The van der Waals surface area contributed by atoms with Crippen molar-refractivity contribution in [1.82, 2.24) is 4.31 Å². The van der Waals surface area contributed by atoms with Crippen LogP contribution in [0, 0.1) is 11.7 Å². The van der Waals surface area contributed by atoms with E-state index in [1.54, 1.807) is 12.1 Å². The standard InChI is InChI=1S/C19H19BrClFN2O3S/c20-14-4-6-15(7-5-14)23-19(25)13-8-10-24(11-9-13)28(26,27)12-16-17(21)2-1-3-18(16)22/h1-7,13H,8-12H2,(H,23,25). The van der Waals surface area contributed by atoms with Crippen LogP contribution in [-0.2, 0) is 20.6 Å². The summed E-state index contributed by atoms with van der Waals surface area (Å²) in [6, 6.07) is 11.3. The lowest BCUT2D eigenvalue weighted by molar-refractivity contribution is -0.120. The summed E-state index contributed by atoms with van der Waals surface area (Å²) in [4.78, 5) is 12.4. The molecule has 1 aliphatic heterocycles. The molecule has 1 heterocycles. The SMILES string of the molecule is O=C(Nc1ccc(Br)cc1)C1CCN(S(=O)(=O)Cc2c(F)cccc2Cl)CC1. The van der Waals surface area contributed by atoms with Crippen LogP contribution in [0.25, 0.3) is 0 Å². The van der Waals surface area contributed by atoms with Crippen LogP contribution >= 0.6 is 27.5 Å². The fraction of sp³-hybridized carbons (Fsp3) is 0.316. The Morgan fingerprint density at radius 3 is 2.43 bits per heavy atom. The lowest BCUT2D eigenvalue weighted by atomic mass is 9.97. The number of nitrogens with zero attached hydrogens (tertiary/aromatic N) is 1. The number of hydrogen-bond donors (Lipinski definition) is 1. The quantitative estimate of drug-likeness (QED) is 0.676. The third-order valence-electron chi connectivity index (χ3n) is 4.72. The molecular formula is C19H19BrClFN2O3S. The number of piperidine rings is 1. The van der Waals surface area contributed by atoms with E-state index in [-0.39, 0.29) is 35.5 Å². The lowest BCUT2D eigenvalue weighted by Gasteiger charge is -2.30. The molecule has 1 amide bonds. The van der Waals surface area contributed by atoms with E-state index in [2.05, 4.69) is 21.2 Å². The molecule has 0 radical (unpaired) electrons. The first-order chi connectivity index (χ1) is 13.3. The Hall–Kier alpha value is -1.48. The van der Waals surface area contributed by atoms with Gasteiger partial charge in [-0.05, 0) is 49.2 Å². The number of hydrogen-bond acceptors (Lipinski definition) is 3. The number of anilines is 1. The summed E-state index contributed by atoms with van der Waals surface area (Å²) in [6.45, 7) is 0.430. The Balaban J connectivity index is 1.59. The van der Waals surface area contributed by atoms with Gasteiger partial charge in [0.15, 0.2) is 0 Å². The molecule has 3 rings (SSSR count). The molecule has 0 aromatic heterocycles. The summed E-state index contributed by atoms with van der Waals surface area (Å²) in [5.41, 5.74) is 0.664. The topological polar surface area (TPSA) is 66.5 Å². The number of sulfonamides is 1. The Morgan fingerprint density at radius 1 is 1.18 bits per heavy atom. The van der Waals surface area contributed by atoms with E-state index in [4.69, 9.17) is 11.6 Å². The lowest BCUT2D eigenvalue weighted by Crippen LogP contribution is -2.42. The Labute approximate surface area is 177 Å². The summed E-state index contributed by atoms with van der Waals surface area (Å²) < 4.78 is 41.5. The minimum atomic E-state index is -3.72. The second-order valence-electron chi connectivity index (χ2n) is 6.63. The van der Waals surface area contributed by atoms with Crippen molar-refractivity contribution in [2.24, 2.45) is 5.92 Å². The molecule has 0 saturated carbocycles. The number of rotatable bonds is 5. The Kier molecular flexibility index (Phi) is 6.75. The van der Waals surface area contributed by atoms with Gasteiger partial charge in [-0.2, -0.15) is 0 Å². The predicted molar refractivity (Wildman–Crippen MR) is 111 cm³/mol. The molecule has 0 unspecified atom stereocenters. The summed E-state index contributed by atoms with van der Waals surface area (Å²) in [7, 11) is -3.72. The first-order valence-electron chi connectivity index (χ1n) is 8.73. The number of amides is 1. The van der Waals surface area contributed by atoms with Gasteiger partial charge < -0.3 is 5.32 Å². The molecule has 0 bridgehead atoms. The first kappa shape index (κ1) is 21.2. The van der Waals surface area contributed by atoms with Gasteiger partial charge in [-0.15, -0.1) is 0 Å². The van der Waals surface area contributed by atoms with Crippen molar-refractivity contribution >= 4 is 49.1 Å². The van der Waals surface area contributed by atoms with Crippen LogP contribution in [-0.4, -0.2) is 31.7 Å². The maximum absolute atomic E-state index is 13.9. The molecule has 5 nitrogen and oxygen atoms in total. The van der Waals surface area contributed by atoms with Gasteiger partial charge in [0.1, 0.15) is 5.82 Å². The van der Waals surface area contributed by atoms with Gasteiger partial charge >= 0.3 is 0 Å². The summed E-state index contributed by atoms with van der Waals surface area (Å²) in [5.74, 6) is -1.53. The van der Waals surface area contributed by atoms with E-state index < -0.39 is 21.6 Å². The van der Waals surface area contributed by atoms with Crippen molar-refractivity contribution in [2.45, 2.75) is 18.6 Å². The molecule has 28 heavy (non-hydrogen) atoms. The molecule has 0 aliphatic carbocycles. The zero-order chi connectivity index (χ0) is 20.3. The Morgan fingerprint density at radius 2 is 1.82 bits per heavy atom. The highest BCUT2D eigenvalue weighted by atomic mass is 79.9. The third-order valence-corrected chi connectivity index (χ3v) is 7.41. The maximum atomic E-state index is 13.9. The van der Waals surface area contributed by atoms with Crippen LogP contribution in [0.15, 0.2) is 46.9 Å². The van der Waals surface area contributed by atoms with E-state index in [0.29, 0.717) is 18.5 Å². The van der Waals surface area contributed by atoms with Gasteiger partial charge in [0, 0.05) is 39.8 Å². The van der Waals surface area contributed by atoms with E-state index >= 15 is 0 Å². The van der Waals surface area contributed by atoms with Crippen LogP contribution in [0.3, 0.4) is 0 Å². The summed E-state index contributed by atoms with van der Waals surface area (Å²) >= 11 is 9.29. The van der Waals surface area contributed by atoms with Crippen LogP contribution in [0.4, 0.5) is 10.1 Å². The number of nitrogens with one attached hydrogen (secondary N) is 1. The van der Waals surface area contributed by atoms with Gasteiger partial charge in [-0.3, -0.25) is 4.79 Å². The van der Waals surface area contributed by atoms with Crippen molar-refractivity contribution < 1.29 is 17.6 Å². The second-order valence-corrected chi connectivity index (χ2v) is 9.92. The molecule has 1 saturated heterocycles. The molecule has 0 spiro atoms. The smallest absolute Gasteiger partial charge is 0.227 e. The van der Waals surface area contributed by atoms with Gasteiger partial charge in [0.05, 0.1) is 5.75 Å². The van der Waals surface area contributed by atoms with Crippen LogP contribution in [0.5, 0.6) is 0 Å². The minimum absolute atomic E-state index is 0.0285. The van der Waals surface area contributed by atoms with Crippen molar-refractivity contribution in [2.75, 3.05) is 18.4 Å². The predicted octanol–water partition coefficient (Wildman–Crippen LogP) is 4.42. The van der Waals surface area contributed by atoms with Crippen LogP contribution in [0.2, 0.25) is 5.02 Å². The van der Waals surface area contributed by atoms with Crippen LogP contribution in [0.1, 0.15) is 18.4 Å². The maximum Gasteiger partial charge on any atom is 0.227 e. The molecule has 2 aromatic carbocycles. The number of benzene rings is 2. The highest BCUT2D eigenvalue weighted by Crippen LogP contribution is 2.26. The van der Waals surface area contributed by atoms with Crippen molar-refractivity contribution in [3.8, 4) is 0 Å². The molecular weight excluding hydrogens is 471 g/mol. The number of halogens is 3. The summed E-state index contributed by atoms with van der Waals surface area (Å²) in [6.07, 6.45) is 0.819. The van der Waals surface area contributed by atoms with Gasteiger partial charge in [0.2, 0.25) is 15.9 Å². The molecule has 9 heteroatoms. The average Bonchev–Trinajstić information content (AvgIpc) is 2.67. The normalized spacial score (nSPS) is 16.1. The molecule has 1 aliphatic rings. The average molecular weight is 490 g/mol. The molecule has 2 aromatic rings. The molecule has 1 fully saturated rings. The summed E-state index contributed by atoms with van der Waals surface area (Å²) in [5, 5.41) is 2.94. The van der Waals surface area contributed by atoms with Gasteiger partial charge in [0.25, 0.3) is 0 Å². The van der Waals surface area contributed by atoms with Crippen molar-refractivity contribution in [1.29, 1.82) is 0 Å². The van der Waals surface area contributed by atoms with E-state index in [1.165, 1.54) is 22.5 Å². The fourth-order valence-corrected chi connectivity index (χ4v) is 5.30. The van der Waals surface area contributed by atoms with E-state index in [0.717, 1.165) is 4.47 Å². The van der Waals surface area contributed by atoms with Crippen LogP contribution < -0.4 is 5.32 Å². The third kappa shape index (κ3) is 5.11. The second kappa shape index (κ2) is 8.90. The molecule has 150 valence electrons. The van der Waals surface area contributed by atoms with Crippen molar-refractivity contribution in [3.63, 3.8) is 0 Å². The number of carbonyl (C=O) groups is 1. The van der Waals surface area contributed by atoms with E-state index in [9.17, 15) is 17.6 Å².